The molecule has 0 aromatic heterocycles. The molecule has 0 radical (unpaired) electrons. The molecule has 168 valence electrons. The lowest BCUT2D eigenvalue weighted by molar-refractivity contribution is -0.137. The molecule has 0 aromatic rings. The van der Waals surface area contributed by atoms with E-state index in [-0.39, 0.29) is 25.4 Å². The monoisotopic (exact) mass is 436 g/mol. The highest BCUT2D eigenvalue weighted by molar-refractivity contribution is 7.99. The molecule has 4 atom stereocenters. The van der Waals surface area contributed by atoms with E-state index in [4.69, 9.17) is 26.0 Å². The molecule has 0 rings (SSSR count). The number of rotatable bonds is 16. The molecule has 0 bridgehead atoms. The number of aliphatic carboxylic acids is 1. The maximum Gasteiger partial charge on any atom is 0.303 e. The Hall–Kier alpha value is -1.89. The molecule has 0 aliphatic carbocycles. The zero-order valence-electron chi connectivity index (χ0n) is 17.0. The molecule has 0 unspecified atom stereocenters. The number of carbonyl (C=O) groups is 4. The normalized spacial score (nSPS) is 15.0. The topological polar surface area (TPSA) is 183 Å². The Balaban J connectivity index is 4.61. The molecule has 12 heteroatoms. The number of nitrogens with two attached hydrogens (primary N) is 2. The van der Waals surface area contributed by atoms with Crippen LogP contribution in [-0.4, -0.2) is 85.4 Å². The van der Waals surface area contributed by atoms with Crippen LogP contribution in [-0.2, 0) is 28.7 Å². The highest BCUT2D eigenvalue weighted by Gasteiger charge is 2.26. The quantitative estimate of drug-likeness (QED) is 0.191. The summed E-state index contributed by atoms with van der Waals surface area (Å²) < 4.78 is 10.2. The third-order valence-corrected chi connectivity index (χ3v) is 5.17. The fourth-order valence-electron chi connectivity index (χ4n) is 2.23. The molecule has 11 nitrogen and oxygen atoms in total. The number of ether oxygens (including phenoxy) is 2. The van der Waals surface area contributed by atoms with Gasteiger partial charge in [0.1, 0.15) is 12.1 Å². The Morgan fingerprint density at radius 2 is 1.69 bits per heavy atom. The van der Waals surface area contributed by atoms with Gasteiger partial charge in [-0.05, 0) is 12.8 Å². The SMILES string of the molecule is CC[C@H](NC(=O)[C@@H](N)CSC[C@@H](COC)OC)C(=O)N[C@H](CCC(=O)O)C(N)=O. The van der Waals surface area contributed by atoms with Crippen molar-refractivity contribution in [1.82, 2.24) is 10.6 Å². The van der Waals surface area contributed by atoms with Gasteiger partial charge in [0.05, 0.1) is 18.8 Å². The van der Waals surface area contributed by atoms with Crippen molar-refractivity contribution >= 4 is 35.5 Å². The summed E-state index contributed by atoms with van der Waals surface area (Å²) >= 11 is 1.42. The van der Waals surface area contributed by atoms with Crippen LogP contribution in [0.2, 0.25) is 0 Å². The van der Waals surface area contributed by atoms with E-state index in [1.165, 1.54) is 11.8 Å². The Morgan fingerprint density at radius 3 is 2.17 bits per heavy atom. The van der Waals surface area contributed by atoms with Crippen LogP contribution in [0, 0.1) is 0 Å². The number of carboxylic acids is 1. The van der Waals surface area contributed by atoms with E-state index in [0.717, 1.165) is 0 Å². The number of primary amides is 1. The molecular weight excluding hydrogens is 404 g/mol. The van der Waals surface area contributed by atoms with Gasteiger partial charge >= 0.3 is 5.97 Å². The maximum atomic E-state index is 12.3. The molecule has 0 aliphatic heterocycles. The predicted molar refractivity (Wildman–Crippen MR) is 108 cm³/mol. The van der Waals surface area contributed by atoms with Crippen LogP contribution in [0.5, 0.6) is 0 Å². The zero-order chi connectivity index (χ0) is 22.4. The zero-order valence-corrected chi connectivity index (χ0v) is 17.8. The predicted octanol–water partition coefficient (Wildman–Crippen LogP) is -1.56. The fourth-order valence-corrected chi connectivity index (χ4v) is 3.27. The molecule has 7 N–H and O–H groups in total. The summed E-state index contributed by atoms with van der Waals surface area (Å²) in [4.78, 5) is 46.7. The Labute approximate surface area is 174 Å². The van der Waals surface area contributed by atoms with E-state index in [2.05, 4.69) is 10.6 Å². The average molecular weight is 437 g/mol. The van der Waals surface area contributed by atoms with E-state index < -0.39 is 41.8 Å². The first-order valence-corrected chi connectivity index (χ1v) is 10.3. The van der Waals surface area contributed by atoms with Crippen molar-refractivity contribution in [1.29, 1.82) is 0 Å². The second kappa shape index (κ2) is 15.0. The minimum absolute atomic E-state index is 0.119. The molecule has 0 spiro atoms. The van der Waals surface area contributed by atoms with Crippen LogP contribution in [0.25, 0.3) is 0 Å². The van der Waals surface area contributed by atoms with Gasteiger partial charge < -0.3 is 36.7 Å². The van der Waals surface area contributed by atoms with Crippen molar-refractivity contribution in [2.75, 3.05) is 32.3 Å². The van der Waals surface area contributed by atoms with Gasteiger partial charge in [0.25, 0.3) is 0 Å². The van der Waals surface area contributed by atoms with Gasteiger partial charge in [0.2, 0.25) is 17.7 Å². The molecule has 0 aliphatic rings. The van der Waals surface area contributed by atoms with E-state index in [0.29, 0.717) is 18.1 Å². The van der Waals surface area contributed by atoms with Crippen LogP contribution >= 0.6 is 11.8 Å². The Bertz CT molecular complexity index is 550. The molecule has 3 amide bonds. The summed E-state index contributed by atoms with van der Waals surface area (Å²) in [5.74, 6) is -2.20. The third kappa shape index (κ3) is 11.6. The second-order valence-corrected chi connectivity index (χ2v) is 7.40. The van der Waals surface area contributed by atoms with E-state index in [1.54, 1.807) is 21.1 Å². The number of methoxy groups -OCH3 is 2. The van der Waals surface area contributed by atoms with Crippen molar-refractivity contribution in [3.63, 3.8) is 0 Å². The first-order valence-electron chi connectivity index (χ1n) is 9.13. The minimum atomic E-state index is -1.14. The van der Waals surface area contributed by atoms with Crippen molar-refractivity contribution < 1.29 is 33.8 Å². The smallest absolute Gasteiger partial charge is 0.303 e. The van der Waals surface area contributed by atoms with E-state index in [1.807, 2.05) is 0 Å². The van der Waals surface area contributed by atoms with Gasteiger partial charge in [-0.15, -0.1) is 0 Å². The standard InChI is InChI=1S/C17H32N4O7S/c1-4-12(17(26)21-13(15(19)24)5-6-14(22)23)20-16(25)11(18)9-29-8-10(28-3)7-27-2/h10-13H,4-9,18H2,1-3H3,(H2,19,24)(H,20,25)(H,21,26)(H,22,23)/t10-,11+,12+,13-/m1/s1. The number of nitrogens with one attached hydrogen (secondary N) is 2. The Morgan fingerprint density at radius 1 is 1.07 bits per heavy atom. The van der Waals surface area contributed by atoms with E-state index >= 15 is 0 Å². The van der Waals surface area contributed by atoms with Gasteiger partial charge in [-0.3, -0.25) is 19.2 Å². The van der Waals surface area contributed by atoms with Crippen molar-refractivity contribution in [2.24, 2.45) is 11.5 Å². The van der Waals surface area contributed by atoms with Gasteiger partial charge in [0, 0.05) is 32.1 Å². The average Bonchev–Trinajstić information content (AvgIpc) is 2.67. The van der Waals surface area contributed by atoms with Crippen molar-refractivity contribution in [3.05, 3.63) is 0 Å². The van der Waals surface area contributed by atoms with Crippen LogP contribution < -0.4 is 22.1 Å². The van der Waals surface area contributed by atoms with Crippen LogP contribution in [0.15, 0.2) is 0 Å². The summed E-state index contributed by atoms with van der Waals surface area (Å²) in [5.41, 5.74) is 11.1. The molecule has 0 heterocycles. The second-order valence-electron chi connectivity index (χ2n) is 6.32. The van der Waals surface area contributed by atoms with Gasteiger partial charge in [-0.25, -0.2) is 0 Å². The number of hydrogen-bond acceptors (Lipinski definition) is 8. The summed E-state index contributed by atoms with van der Waals surface area (Å²) in [5, 5.41) is 13.6. The molecule has 0 fully saturated rings. The molecular formula is C17H32N4O7S. The lowest BCUT2D eigenvalue weighted by Crippen LogP contribution is -2.55. The molecule has 0 saturated heterocycles. The maximum absolute atomic E-state index is 12.3. The van der Waals surface area contributed by atoms with Crippen LogP contribution in [0.3, 0.4) is 0 Å². The number of carbonyl (C=O) groups excluding carboxylic acids is 3. The summed E-state index contributed by atoms with van der Waals surface area (Å²) in [6.07, 6.45) is -0.337. The number of carboxylic acid groups (broad SMARTS) is 1. The highest BCUT2D eigenvalue weighted by Crippen LogP contribution is 2.08. The van der Waals surface area contributed by atoms with Gasteiger partial charge in [-0.1, -0.05) is 6.92 Å². The molecule has 0 aromatic carbocycles. The molecule has 29 heavy (non-hydrogen) atoms. The first-order chi connectivity index (χ1) is 13.7. The van der Waals surface area contributed by atoms with Crippen molar-refractivity contribution in [2.45, 2.75) is 50.4 Å². The minimum Gasteiger partial charge on any atom is -0.481 e. The highest BCUT2D eigenvalue weighted by atomic mass is 32.2. The summed E-state index contributed by atoms with van der Waals surface area (Å²) in [7, 11) is 3.13. The third-order valence-electron chi connectivity index (χ3n) is 3.97. The van der Waals surface area contributed by atoms with Crippen molar-refractivity contribution in [3.8, 4) is 0 Å². The van der Waals surface area contributed by atoms with Gasteiger partial charge in [0.15, 0.2) is 0 Å². The fraction of sp³-hybridized carbons (Fsp3) is 0.765. The lowest BCUT2D eigenvalue weighted by Gasteiger charge is -2.22. The largest absolute Gasteiger partial charge is 0.481 e. The Kier molecular flexibility index (Phi) is 14.0. The summed E-state index contributed by atoms with van der Waals surface area (Å²) in [6.45, 7) is 2.10. The summed E-state index contributed by atoms with van der Waals surface area (Å²) in [6, 6.07) is -2.91. The first kappa shape index (κ1) is 27.1. The van der Waals surface area contributed by atoms with E-state index in [9.17, 15) is 19.2 Å². The molecule has 0 saturated carbocycles. The van der Waals surface area contributed by atoms with Crippen LogP contribution in [0.4, 0.5) is 0 Å². The van der Waals surface area contributed by atoms with Gasteiger partial charge in [-0.2, -0.15) is 11.8 Å². The number of thioether (sulfide) groups is 1. The number of amides is 3. The number of hydrogen-bond donors (Lipinski definition) is 5. The van der Waals surface area contributed by atoms with Crippen LogP contribution in [0.1, 0.15) is 26.2 Å². The lowest BCUT2D eigenvalue weighted by atomic mass is 10.1.